The van der Waals surface area contributed by atoms with E-state index >= 15 is 0 Å². The Morgan fingerprint density at radius 2 is 1.75 bits per heavy atom. The number of hydrogen-bond acceptors (Lipinski definition) is 2. The van der Waals surface area contributed by atoms with E-state index in [9.17, 15) is 0 Å². The standard InChI is InChI=1S/C18H28N2/c1-15-13-19-18(3,16-9-5-4-6-10-16)14-20(15)17(2)11-7-8-12-17/h4-6,9-10,15,19H,7-8,11-14H2,1-3H3. The number of nitrogens with zero attached hydrogens (tertiary/aromatic N) is 1. The Morgan fingerprint density at radius 1 is 1.10 bits per heavy atom. The summed E-state index contributed by atoms with van der Waals surface area (Å²) in [6.45, 7) is 9.42. The molecule has 2 heteroatoms. The maximum absolute atomic E-state index is 3.79. The normalized spacial score (nSPS) is 34.2. The van der Waals surface area contributed by atoms with E-state index in [0.717, 1.165) is 13.1 Å². The average Bonchev–Trinajstić information content (AvgIpc) is 2.91. The molecule has 110 valence electrons. The van der Waals surface area contributed by atoms with Gasteiger partial charge in [-0.1, -0.05) is 43.2 Å². The van der Waals surface area contributed by atoms with Crippen LogP contribution in [0.3, 0.4) is 0 Å². The van der Waals surface area contributed by atoms with E-state index in [4.69, 9.17) is 0 Å². The van der Waals surface area contributed by atoms with Crippen LogP contribution >= 0.6 is 0 Å². The fraction of sp³-hybridized carbons (Fsp3) is 0.667. The van der Waals surface area contributed by atoms with Gasteiger partial charge in [0.05, 0.1) is 5.54 Å². The smallest absolute Gasteiger partial charge is 0.0535 e. The quantitative estimate of drug-likeness (QED) is 0.886. The van der Waals surface area contributed by atoms with Crippen LogP contribution in [-0.4, -0.2) is 29.6 Å². The van der Waals surface area contributed by atoms with E-state index in [0.29, 0.717) is 11.6 Å². The molecule has 1 N–H and O–H groups in total. The monoisotopic (exact) mass is 272 g/mol. The van der Waals surface area contributed by atoms with Gasteiger partial charge >= 0.3 is 0 Å². The predicted octanol–water partition coefficient (Wildman–Crippen LogP) is 3.53. The summed E-state index contributed by atoms with van der Waals surface area (Å²) in [5, 5.41) is 3.79. The molecule has 1 saturated carbocycles. The van der Waals surface area contributed by atoms with Crippen LogP contribution in [-0.2, 0) is 5.54 Å². The third-order valence-electron chi connectivity index (χ3n) is 5.59. The van der Waals surface area contributed by atoms with Gasteiger partial charge in [-0.3, -0.25) is 4.90 Å². The highest BCUT2D eigenvalue weighted by molar-refractivity contribution is 5.25. The van der Waals surface area contributed by atoms with Crippen LogP contribution in [0, 0.1) is 0 Å². The average molecular weight is 272 g/mol. The van der Waals surface area contributed by atoms with Crippen molar-refractivity contribution in [1.29, 1.82) is 0 Å². The Hall–Kier alpha value is -0.860. The fourth-order valence-corrected chi connectivity index (χ4v) is 4.18. The van der Waals surface area contributed by atoms with Gasteiger partial charge in [-0.25, -0.2) is 0 Å². The molecule has 0 radical (unpaired) electrons. The van der Waals surface area contributed by atoms with Crippen molar-refractivity contribution in [3.05, 3.63) is 35.9 Å². The van der Waals surface area contributed by atoms with Gasteiger partial charge in [-0.15, -0.1) is 0 Å². The van der Waals surface area contributed by atoms with Gasteiger partial charge in [-0.05, 0) is 39.2 Å². The summed E-state index contributed by atoms with van der Waals surface area (Å²) in [7, 11) is 0. The van der Waals surface area contributed by atoms with Crippen LogP contribution in [0.4, 0.5) is 0 Å². The van der Waals surface area contributed by atoms with Gasteiger partial charge < -0.3 is 5.32 Å². The van der Waals surface area contributed by atoms with E-state index in [1.807, 2.05) is 0 Å². The van der Waals surface area contributed by atoms with Crippen LogP contribution in [0.2, 0.25) is 0 Å². The number of hydrogen-bond donors (Lipinski definition) is 1. The number of benzene rings is 1. The molecule has 1 aliphatic heterocycles. The first-order valence-electron chi connectivity index (χ1n) is 8.11. The summed E-state index contributed by atoms with van der Waals surface area (Å²) < 4.78 is 0. The van der Waals surface area contributed by atoms with Gasteiger partial charge in [0.1, 0.15) is 0 Å². The molecule has 2 aliphatic rings. The summed E-state index contributed by atoms with van der Waals surface area (Å²) in [4.78, 5) is 2.78. The molecule has 0 amide bonds. The molecule has 2 unspecified atom stereocenters. The Kier molecular flexibility index (Phi) is 3.64. The van der Waals surface area contributed by atoms with Crippen LogP contribution < -0.4 is 5.32 Å². The lowest BCUT2D eigenvalue weighted by Crippen LogP contribution is -2.65. The molecule has 0 spiro atoms. The Bertz CT molecular complexity index is 450. The second kappa shape index (κ2) is 5.16. The van der Waals surface area contributed by atoms with Crippen LogP contribution in [0.25, 0.3) is 0 Å². The largest absolute Gasteiger partial charge is 0.305 e. The first-order chi connectivity index (χ1) is 9.54. The molecule has 2 atom stereocenters. The van der Waals surface area contributed by atoms with Gasteiger partial charge in [0.15, 0.2) is 0 Å². The first-order valence-corrected chi connectivity index (χ1v) is 8.11. The van der Waals surface area contributed by atoms with Crippen molar-refractivity contribution in [3.8, 4) is 0 Å². The zero-order valence-electron chi connectivity index (χ0n) is 13.2. The Balaban J connectivity index is 1.86. The minimum absolute atomic E-state index is 0.0827. The van der Waals surface area contributed by atoms with Crippen molar-refractivity contribution in [1.82, 2.24) is 10.2 Å². The lowest BCUT2D eigenvalue weighted by molar-refractivity contribution is 0.00402. The summed E-state index contributed by atoms with van der Waals surface area (Å²) >= 11 is 0. The summed E-state index contributed by atoms with van der Waals surface area (Å²) in [6, 6.07) is 11.6. The minimum atomic E-state index is 0.0827. The molecule has 1 aliphatic carbocycles. The molecule has 3 rings (SSSR count). The molecule has 0 bridgehead atoms. The highest BCUT2D eigenvalue weighted by Crippen LogP contribution is 2.39. The van der Waals surface area contributed by atoms with Crippen LogP contribution in [0.1, 0.15) is 52.0 Å². The topological polar surface area (TPSA) is 15.3 Å². The summed E-state index contributed by atoms with van der Waals surface area (Å²) in [5.74, 6) is 0. The molecule has 0 aromatic heterocycles. The lowest BCUT2D eigenvalue weighted by Gasteiger charge is -2.52. The number of nitrogens with one attached hydrogen (secondary N) is 1. The fourth-order valence-electron chi connectivity index (χ4n) is 4.18. The molecule has 1 aromatic rings. The van der Waals surface area contributed by atoms with Crippen LogP contribution in [0.5, 0.6) is 0 Å². The molecule has 20 heavy (non-hydrogen) atoms. The van der Waals surface area contributed by atoms with Crippen molar-refractivity contribution in [2.75, 3.05) is 13.1 Å². The zero-order chi connectivity index (χ0) is 14.2. The Labute approximate surface area is 123 Å². The van der Waals surface area contributed by atoms with Crippen molar-refractivity contribution >= 4 is 0 Å². The highest BCUT2D eigenvalue weighted by atomic mass is 15.3. The number of piperazine rings is 1. The third-order valence-corrected chi connectivity index (χ3v) is 5.59. The molecule has 1 saturated heterocycles. The second-order valence-corrected chi connectivity index (χ2v) is 7.26. The highest BCUT2D eigenvalue weighted by Gasteiger charge is 2.44. The van der Waals surface area contributed by atoms with Crippen molar-refractivity contribution in [2.24, 2.45) is 0 Å². The van der Waals surface area contributed by atoms with E-state index in [-0.39, 0.29) is 5.54 Å². The molecular formula is C18H28N2. The predicted molar refractivity (Wildman–Crippen MR) is 84.8 cm³/mol. The van der Waals surface area contributed by atoms with E-state index < -0.39 is 0 Å². The van der Waals surface area contributed by atoms with E-state index in [2.05, 4.69) is 61.3 Å². The third kappa shape index (κ3) is 2.40. The minimum Gasteiger partial charge on any atom is -0.305 e. The Morgan fingerprint density at radius 3 is 2.40 bits per heavy atom. The molecular weight excluding hydrogens is 244 g/mol. The van der Waals surface area contributed by atoms with Gasteiger partial charge in [0, 0.05) is 24.7 Å². The van der Waals surface area contributed by atoms with E-state index in [1.54, 1.807) is 0 Å². The SMILES string of the molecule is CC1CNC(C)(c2ccccc2)CN1C1(C)CCCC1. The molecule has 2 nitrogen and oxygen atoms in total. The number of rotatable bonds is 2. The van der Waals surface area contributed by atoms with Crippen LogP contribution in [0.15, 0.2) is 30.3 Å². The zero-order valence-corrected chi connectivity index (χ0v) is 13.2. The maximum Gasteiger partial charge on any atom is 0.0535 e. The molecule has 1 aromatic carbocycles. The van der Waals surface area contributed by atoms with Crippen molar-refractivity contribution in [2.45, 2.75) is 63.6 Å². The summed E-state index contributed by atoms with van der Waals surface area (Å²) in [6.07, 6.45) is 5.52. The second-order valence-electron chi connectivity index (χ2n) is 7.26. The van der Waals surface area contributed by atoms with Gasteiger partial charge in [0.25, 0.3) is 0 Å². The molecule has 1 heterocycles. The maximum atomic E-state index is 3.79. The van der Waals surface area contributed by atoms with Crippen molar-refractivity contribution in [3.63, 3.8) is 0 Å². The van der Waals surface area contributed by atoms with Gasteiger partial charge in [-0.2, -0.15) is 0 Å². The van der Waals surface area contributed by atoms with Gasteiger partial charge in [0.2, 0.25) is 0 Å². The molecule has 2 fully saturated rings. The summed E-state index contributed by atoms with van der Waals surface area (Å²) in [5.41, 5.74) is 1.91. The van der Waals surface area contributed by atoms with Crippen molar-refractivity contribution < 1.29 is 0 Å². The van der Waals surface area contributed by atoms with E-state index in [1.165, 1.54) is 31.2 Å². The first kappa shape index (κ1) is 14.1. The lowest BCUT2D eigenvalue weighted by atomic mass is 9.84.